The van der Waals surface area contributed by atoms with Gasteiger partial charge in [-0.05, 0) is 12.1 Å². The molecule has 1 aromatic carbocycles. The van der Waals surface area contributed by atoms with Crippen molar-refractivity contribution < 1.29 is 27.5 Å². The Morgan fingerprint density at radius 1 is 1.43 bits per heavy atom. The van der Waals surface area contributed by atoms with Crippen LogP contribution in [0.4, 0.5) is 13.2 Å². The molecule has 0 aliphatic rings. The van der Waals surface area contributed by atoms with Gasteiger partial charge in [0, 0.05) is 12.6 Å². The lowest BCUT2D eigenvalue weighted by Gasteiger charge is -2.21. The summed E-state index contributed by atoms with van der Waals surface area (Å²) in [4.78, 5) is 16.7. The Hall–Kier alpha value is -2.06. The number of rotatable bonds is 4. The van der Waals surface area contributed by atoms with Gasteiger partial charge in [-0.1, -0.05) is 23.7 Å². The highest BCUT2D eigenvalue weighted by molar-refractivity contribution is 6.33. The monoisotopic (exact) mass is 348 g/mol. The van der Waals surface area contributed by atoms with Crippen molar-refractivity contribution in [1.82, 2.24) is 9.88 Å². The minimum Gasteiger partial charge on any atom is -0.443 e. The van der Waals surface area contributed by atoms with Gasteiger partial charge in [-0.15, -0.1) is 0 Å². The molecule has 0 saturated heterocycles. The molecule has 2 aromatic rings. The fourth-order valence-corrected chi connectivity index (χ4v) is 2.08. The Morgan fingerprint density at radius 2 is 2.09 bits per heavy atom. The smallest absolute Gasteiger partial charge is 0.416 e. The van der Waals surface area contributed by atoms with E-state index < -0.39 is 24.7 Å². The van der Waals surface area contributed by atoms with Crippen LogP contribution in [0, 0.1) is 0 Å². The van der Waals surface area contributed by atoms with Crippen LogP contribution >= 0.6 is 11.6 Å². The number of likely N-dealkylation sites (N-methyl/N-ethyl adjacent to an activating group) is 1. The van der Waals surface area contributed by atoms with Crippen molar-refractivity contribution in [3.63, 3.8) is 0 Å². The molecule has 124 valence electrons. The van der Waals surface area contributed by atoms with Crippen LogP contribution < -0.4 is 0 Å². The van der Waals surface area contributed by atoms with Gasteiger partial charge in [0.15, 0.2) is 24.0 Å². The van der Waals surface area contributed by atoms with Crippen LogP contribution in [0.5, 0.6) is 0 Å². The third kappa shape index (κ3) is 3.83. The molecule has 0 fully saturated rings. The first-order valence-corrected chi connectivity index (χ1v) is 6.78. The lowest BCUT2D eigenvalue weighted by molar-refractivity contribution is -0.205. The van der Waals surface area contributed by atoms with E-state index in [1.165, 1.54) is 0 Å². The van der Waals surface area contributed by atoms with E-state index >= 15 is 0 Å². The predicted molar refractivity (Wildman–Crippen MR) is 76.0 cm³/mol. The second-order valence-corrected chi connectivity index (χ2v) is 5.16. The van der Waals surface area contributed by atoms with Gasteiger partial charge in [-0.3, -0.25) is 4.79 Å². The molecular weight excluding hydrogens is 337 g/mol. The Balaban J connectivity index is 2.25. The zero-order valence-electron chi connectivity index (χ0n) is 11.8. The fourth-order valence-electron chi connectivity index (χ4n) is 1.86. The molecule has 1 heterocycles. The van der Waals surface area contributed by atoms with Crippen LogP contribution in [-0.2, 0) is 0 Å². The van der Waals surface area contributed by atoms with Crippen LogP contribution in [0.25, 0.3) is 11.3 Å². The van der Waals surface area contributed by atoms with E-state index in [4.69, 9.17) is 21.1 Å². The lowest BCUT2D eigenvalue weighted by Crippen LogP contribution is -2.42. The van der Waals surface area contributed by atoms with Crippen LogP contribution in [0.3, 0.4) is 0 Å². The average Bonchev–Trinajstić information content (AvgIpc) is 2.95. The van der Waals surface area contributed by atoms with Gasteiger partial charge in [-0.2, -0.15) is 13.2 Å². The van der Waals surface area contributed by atoms with E-state index in [-0.39, 0.29) is 11.5 Å². The van der Waals surface area contributed by atoms with Crippen molar-refractivity contribution in [1.29, 1.82) is 0 Å². The first-order valence-electron chi connectivity index (χ1n) is 6.40. The van der Waals surface area contributed by atoms with E-state index in [2.05, 4.69) is 4.98 Å². The summed E-state index contributed by atoms with van der Waals surface area (Å²) >= 11 is 6.01. The van der Waals surface area contributed by atoms with Crippen LogP contribution in [-0.4, -0.2) is 46.8 Å². The highest BCUT2D eigenvalue weighted by atomic mass is 35.5. The van der Waals surface area contributed by atoms with Gasteiger partial charge in [0.25, 0.3) is 5.91 Å². The summed E-state index contributed by atoms with van der Waals surface area (Å²) in [7, 11) is 1.13. The van der Waals surface area contributed by atoms with E-state index in [0.717, 1.165) is 18.3 Å². The molecule has 23 heavy (non-hydrogen) atoms. The minimum atomic E-state index is -4.82. The number of hydrogen-bond acceptors (Lipinski definition) is 4. The topological polar surface area (TPSA) is 66.6 Å². The largest absolute Gasteiger partial charge is 0.443 e. The number of carbonyl (C=O) groups is 1. The third-order valence-corrected chi connectivity index (χ3v) is 3.39. The predicted octanol–water partition coefficient (Wildman–Crippen LogP) is 2.99. The van der Waals surface area contributed by atoms with Crippen LogP contribution in [0.1, 0.15) is 10.5 Å². The number of oxazole rings is 1. The molecular formula is C14H12ClF3N2O3. The standard InChI is InChI=1S/C14H12ClF3N2O3/c1-20(6-10(21)14(16,17)18)13(22)11-12(23-7-19-11)8-4-2-3-5-9(8)15/h2-5,7,10,21H,6H2,1H3. The molecule has 0 bridgehead atoms. The van der Waals surface area contributed by atoms with Gasteiger partial charge in [0.1, 0.15) is 0 Å². The summed E-state index contributed by atoms with van der Waals surface area (Å²) in [5.41, 5.74) is 0.203. The molecule has 2 rings (SSSR count). The van der Waals surface area contributed by atoms with Gasteiger partial charge >= 0.3 is 6.18 Å². The molecule has 0 radical (unpaired) electrons. The zero-order chi connectivity index (χ0) is 17.2. The molecule has 0 saturated carbocycles. The second kappa shape index (κ2) is 6.59. The van der Waals surface area contributed by atoms with E-state index in [1.807, 2.05) is 0 Å². The summed E-state index contributed by atoms with van der Waals surface area (Å²) in [5.74, 6) is -0.772. The Morgan fingerprint density at radius 3 is 2.70 bits per heavy atom. The Labute approximate surface area is 134 Å². The highest BCUT2D eigenvalue weighted by Crippen LogP contribution is 2.30. The number of aliphatic hydroxyl groups is 1. The highest BCUT2D eigenvalue weighted by Gasteiger charge is 2.39. The number of nitrogens with zero attached hydrogens (tertiary/aromatic N) is 2. The number of benzene rings is 1. The van der Waals surface area contributed by atoms with Crippen molar-refractivity contribution in [3.8, 4) is 11.3 Å². The van der Waals surface area contributed by atoms with Crippen molar-refractivity contribution in [2.45, 2.75) is 12.3 Å². The quantitative estimate of drug-likeness (QED) is 0.922. The second-order valence-electron chi connectivity index (χ2n) is 4.75. The summed E-state index contributed by atoms with van der Waals surface area (Å²) in [6, 6.07) is 6.50. The van der Waals surface area contributed by atoms with Crippen molar-refractivity contribution >= 4 is 17.5 Å². The number of aliphatic hydroxyl groups excluding tert-OH is 1. The van der Waals surface area contributed by atoms with Gasteiger partial charge in [0.05, 0.1) is 11.6 Å². The number of hydrogen-bond donors (Lipinski definition) is 1. The summed E-state index contributed by atoms with van der Waals surface area (Å²) in [5, 5.41) is 9.35. The molecule has 9 heteroatoms. The van der Waals surface area contributed by atoms with Crippen molar-refractivity contribution in [3.05, 3.63) is 41.4 Å². The minimum absolute atomic E-state index is 0.0500. The van der Waals surface area contributed by atoms with Gasteiger partial charge in [0.2, 0.25) is 0 Å². The van der Waals surface area contributed by atoms with E-state index in [1.54, 1.807) is 24.3 Å². The molecule has 0 aliphatic heterocycles. The first kappa shape index (κ1) is 17.3. The maximum atomic E-state index is 12.4. The lowest BCUT2D eigenvalue weighted by atomic mass is 10.1. The Bertz CT molecular complexity index is 703. The molecule has 1 atom stereocenters. The number of halogens is 4. The third-order valence-electron chi connectivity index (χ3n) is 3.06. The number of aromatic nitrogens is 1. The molecule has 1 unspecified atom stereocenters. The number of carbonyl (C=O) groups excluding carboxylic acids is 1. The SMILES string of the molecule is CN(CC(O)C(F)(F)F)C(=O)c1ncoc1-c1ccccc1Cl. The zero-order valence-corrected chi connectivity index (χ0v) is 12.6. The van der Waals surface area contributed by atoms with E-state index in [0.29, 0.717) is 10.6 Å². The molecule has 1 aromatic heterocycles. The van der Waals surface area contributed by atoms with Crippen molar-refractivity contribution in [2.24, 2.45) is 0 Å². The maximum Gasteiger partial charge on any atom is 0.416 e. The molecule has 0 spiro atoms. The van der Waals surface area contributed by atoms with Crippen molar-refractivity contribution in [2.75, 3.05) is 13.6 Å². The molecule has 1 amide bonds. The summed E-state index contributed by atoms with van der Waals surface area (Å²) < 4.78 is 42.3. The molecule has 0 aliphatic carbocycles. The fraction of sp³-hybridized carbons (Fsp3) is 0.286. The maximum absolute atomic E-state index is 12.4. The van der Waals surface area contributed by atoms with Gasteiger partial charge < -0.3 is 14.4 Å². The van der Waals surface area contributed by atoms with Crippen LogP contribution in [0.2, 0.25) is 5.02 Å². The Kier molecular flexibility index (Phi) is 4.96. The number of alkyl halides is 3. The first-order chi connectivity index (χ1) is 10.7. The summed E-state index contributed by atoms with van der Waals surface area (Å²) in [6.45, 7) is -0.919. The number of amides is 1. The van der Waals surface area contributed by atoms with Crippen LogP contribution in [0.15, 0.2) is 35.1 Å². The normalized spacial score (nSPS) is 13.0. The summed E-state index contributed by atoms with van der Waals surface area (Å²) in [6.07, 6.45) is -6.46. The van der Waals surface area contributed by atoms with Gasteiger partial charge in [-0.25, -0.2) is 4.98 Å². The average molecular weight is 349 g/mol. The molecule has 1 N–H and O–H groups in total. The molecule has 5 nitrogen and oxygen atoms in total. The van der Waals surface area contributed by atoms with E-state index in [9.17, 15) is 18.0 Å².